The fraction of sp³-hybridized carbons (Fsp3) is 0.344. The maximum Gasteiger partial charge on any atom is 0.226 e. The lowest BCUT2D eigenvalue weighted by Crippen LogP contribution is -2.67. The third kappa shape index (κ3) is 8.84. The number of quaternary nitrogens is 1. The minimum atomic E-state index is -0.996. The van der Waals surface area contributed by atoms with Gasteiger partial charge in [0.15, 0.2) is 0 Å². The van der Waals surface area contributed by atoms with Crippen molar-refractivity contribution in [2.75, 3.05) is 6.54 Å². The van der Waals surface area contributed by atoms with E-state index in [-0.39, 0.29) is 17.7 Å². The molecular weight excluding hydrogens is 476 g/mol. The number of benzene rings is 3. The minimum absolute atomic E-state index is 0.198. The van der Waals surface area contributed by atoms with Gasteiger partial charge >= 0.3 is 0 Å². The van der Waals surface area contributed by atoms with Gasteiger partial charge in [0.1, 0.15) is 17.9 Å². The first-order valence-corrected chi connectivity index (χ1v) is 13.2. The Bertz CT molecular complexity index is 1160. The van der Waals surface area contributed by atoms with Crippen LogP contribution in [0.5, 0.6) is 5.75 Å². The zero-order valence-electron chi connectivity index (χ0n) is 22.4. The Morgan fingerprint density at radius 2 is 1.50 bits per heavy atom. The molecule has 1 amide bonds. The van der Waals surface area contributed by atoms with Crippen LogP contribution in [0.15, 0.2) is 84.9 Å². The van der Waals surface area contributed by atoms with Crippen LogP contribution in [-0.2, 0) is 24.1 Å². The summed E-state index contributed by atoms with van der Waals surface area (Å²) in [5.74, 6) is -0.619. The molecule has 0 aliphatic rings. The molecular formula is C32H41N2O4+. The molecule has 0 fully saturated rings. The number of hydrogen-bond donors (Lipinski definition) is 5. The zero-order chi connectivity index (χ0) is 27.5. The van der Waals surface area contributed by atoms with Crippen molar-refractivity contribution in [3.63, 3.8) is 0 Å². The monoisotopic (exact) mass is 517 g/mol. The number of aliphatic hydroxyl groups is 2. The zero-order valence-corrected chi connectivity index (χ0v) is 22.4. The highest BCUT2D eigenvalue weighted by Gasteiger charge is 2.26. The molecule has 3 aromatic carbocycles. The normalized spacial score (nSPS) is 14.7. The summed E-state index contributed by atoms with van der Waals surface area (Å²) < 4.78 is 0. The van der Waals surface area contributed by atoms with Crippen LogP contribution < -0.4 is 11.1 Å². The summed E-state index contributed by atoms with van der Waals surface area (Å²) in [4.78, 5) is 13.1. The van der Waals surface area contributed by atoms with E-state index in [2.05, 4.69) is 11.1 Å². The van der Waals surface area contributed by atoms with E-state index in [1.165, 1.54) is 0 Å². The topological polar surface area (TPSA) is 117 Å². The van der Waals surface area contributed by atoms with Crippen LogP contribution in [0.4, 0.5) is 0 Å². The Morgan fingerprint density at radius 3 is 2.11 bits per heavy atom. The van der Waals surface area contributed by atoms with Gasteiger partial charge in [-0.15, -0.1) is 0 Å². The van der Waals surface area contributed by atoms with Crippen LogP contribution in [0.2, 0.25) is 0 Å². The van der Waals surface area contributed by atoms with Gasteiger partial charge in [0.25, 0.3) is 0 Å². The Balaban J connectivity index is 1.59. The largest absolute Gasteiger partial charge is 0.508 e. The first-order chi connectivity index (χ1) is 18.2. The van der Waals surface area contributed by atoms with Crippen LogP contribution in [0.1, 0.15) is 34.2 Å². The van der Waals surface area contributed by atoms with Crippen LogP contribution >= 0.6 is 0 Å². The van der Waals surface area contributed by atoms with Gasteiger partial charge in [-0.25, -0.2) is 0 Å². The van der Waals surface area contributed by atoms with Crippen LogP contribution in [-0.4, -0.2) is 46.0 Å². The maximum atomic E-state index is 13.1. The molecule has 0 heterocycles. The molecule has 0 spiro atoms. The average molecular weight is 518 g/mol. The second-order valence-electron chi connectivity index (χ2n) is 10.1. The van der Waals surface area contributed by atoms with Crippen molar-refractivity contribution in [2.45, 2.75) is 57.8 Å². The number of hydrogen-bond acceptors (Lipinski definition) is 4. The van der Waals surface area contributed by atoms with Crippen molar-refractivity contribution in [3.05, 3.63) is 113 Å². The van der Waals surface area contributed by atoms with E-state index < -0.39 is 18.1 Å². The average Bonchev–Trinajstić information content (AvgIpc) is 2.90. The summed E-state index contributed by atoms with van der Waals surface area (Å²) in [7, 11) is 0. The van der Waals surface area contributed by atoms with Crippen molar-refractivity contribution in [3.8, 4) is 5.75 Å². The number of phenols is 1. The summed E-state index contributed by atoms with van der Waals surface area (Å²) in [6.07, 6.45) is 3.65. The smallest absolute Gasteiger partial charge is 0.226 e. The lowest BCUT2D eigenvalue weighted by molar-refractivity contribution is -0.436. The van der Waals surface area contributed by atoms with E-state index in [0.29, 0.717) is 32.2 Å². The second kappa shape index (κ2) is 14.5. The molecule has 6 heteroatoms. The molecule has 0 saturated carbocycles. The minimum Gasteiger partial charge on any atom is -0.508 e. The molecule has 0 saturated heterocycles. The van der Waals surface area contributed by atoms with Gasteiger partial charge in [0.05, 0.1) is 12.0 Å². The van der Waals surface area contributed by atoms with Gasteiger partial charge in [-0.05, 0) is 73.1 Å². The van der Waals surface area contributed by atoms with Gasteiger partial charge in [-0.1, -0.05) is 72.8 Å². The van der Waals surface area contributed by atoms with Gasteiger partial charge in [-0.3, -0.25) is 4.79 Å². The van der Waals surface area contributed by atoms with E-state index in [9.17, 15) is 20.1 Å². The Morgan fingerprint density at radius 1 is 0.921 bits per heavy atom. The third-order valence-corrected chi connectivity index (χ3v) is 7.01. The highest BCUT2D eigenvalue weighted by molar-refractivity contribution is 5.79. The molecule has 3 aromatic rings. The summed E-state index contributed by atoms with van der Waals surface area (Å²) in [5.41, 5.74) is 9.26. The van der Waals surface area contributed by atoms with E-state index in [0.717, 1.165) is 27.8 Å². The molecule has 7 N–H and O–H groups in total. The second-order valence-corrected chi connectivity index (χ2v) is 10.1. The third-order valence-electron chi connectivity index (χ3n) is 7.01. The van der Waals surface area contributed by atoms with Crippen molar-refractivity contribution in [2.24, 2.45) is 5.92 Å². The predicted octanol–water partition coefficient (Wildman–Crippen LogP) is 3.05. The fourth-order valence-electron chi connectivity index (χ4n) is 4.72. The molecule has 0 aromatic heterocycles. The van der Waals surface area contributed by atoms with Gasteiger partial charge < -0.3 is 26.4 Å². The SMILES string of the molecule is Cc1cc(O)cc(C)c1C[C@H]([NH3+])[C@H](O)C/C=C/[C@H](O)[C@@H](Cc1ccccc1)C(=O)NCCc1ccccc1. The van der Waals surface area contributed by atoms with Crippen LogP contribution in [0.3, 0.4) is 0 Å². The van der Waals surface area contributed by atoms with Crippen molar-refractivity contribution in [1.82, 2.24) is 5.32 Å². The highest BCUT2D eigenvalue weighted by Crippen LogP contribution is 2.22. The molecule has 0 aliphatic carbocycles. The Kier molecular flexibility index (Phi) is 11.1. The molecule has 0 radical (unpaired) electrons. The number of amides is 1. The summed E-state index contributed by atoms with van der Waals surface area (Å²) in [5, 5.41) is 34.4. The molecule has 0 bridgehead atoms. The van der Waals surface area contributed by atoms with Gasteiger partial charge in [0, 0.05) is 13.0 Å². The molecule has 38 heavy (non-hydrogen) atoms. The highest BCUT2D eigenvalue weighted by atomic mass is 16.3. The number of nitrogens with one attached hydrogen (secondary N) is 1. The number of aromatic hydroxyl groups is 1. The number of carbonyl (C=O) groups is 1. The summed E-state index contributed by atoms with van der Waals surface area (Å²) in [6.45, 7) is 4.37. The van der Waals surface area contributed by atoms with E-state index >= 15 is 0 Å². The molecule has 202 valence electrons. The number of rotatable bonds is 13. The first-order valence-electron chi connectivity index (χ1n) is 13.2. The molecule has 4 atom stereocenters. The fourth-order valence-corrected chi connectivity index (χ4v) is 4.72. The lowest BCUT2D eigenvalue weighted by atomic mass is 9.91. The number of aryl methyl sites for hydroxylation is 2. The van der Waals surface area contributed by atoms with Crippen molar-refractivity contribution in [1.29, 1.82) is 0 Å². The van der Waals surface area contributed by atoms with E-state index in [1.54, 1.807) is 24.3 Å². The Hall–Kier alpha value is -3.45. The van der Waals surface area contributed by atoms with Gasteiger partial charge in [0.2, 0.25) is 5.91 Å². The summed E-state index contributed by atoms with van der Waals surface area (Å²) >= 11 is 0. The van der Waals surface area contributed by atoms with Crippen LogP contribution in [0.25, 0.3) is 0 Å². The number of aliphatic hydroxyl groups excluding tert-OH is 2. The van der Waals surface area contributed by atoms with E-state index in [1.807, 2.05) is 74.5 Å². The number of carbonyl (C=O) groups excluding carboxylic acids is 1. The first kappa shape index (κ1) is 29.1. The molecule has 0 aliphatic heterocycles. The quantitative estimate of drug-likeness (QED) is 0.224. The summed E-state index contributed by atoms with van der Waals surface area (Å²) in [6, 6.07) is 22.8. The standard InChI is InChI=1S/C32H40N2O4/c1-22-18-26(35)19-23(2)27(22)21-29(33)31(37)15-9-14-30(36)28(20-25-12-7-4-8-13-25)32(38)34-17-16-24-10-5-3-6-11-24/h3-14,18-19,28-31,35-37H,15-17,20-21,33H2,1-2H3,(H,34,38)/p+1/b14-9+/t28-,29+,30+,31-/m1/s1. The molecule has 3 rings (SSSR count). The Labute approximate surface area is 225 Å². The van der Waals surface area contributed by atoms with Crippen molar-refractivity contribution >= 4 is 5.91 Å². The molecule has 0 unspecified atom stereocenters. The van der Waals surface area contributed by atoms with E-state index in [4.69, 9.17) is 0 Å². The lowest BCUT2D eigenvalue weighted by Gasteiger charge is -2.21. The van der Waals surface area contributed by atoms with Gasteiger partial charge in [-0.2, -0.15) is 0 Å². The van der Waals surface area contributed by atoms with Crippen molar-refractivity contribution < 1.29 is 25.8 Å². The maximum absolute atomic E-state index is 13.1. The predicted molar refractivity (Wildman–Crippen MR) is 151 cm³/mol. The molecule has 6 nitrogen and oxygen atoms in total. The number of phenolic OH excluding ortho intramolecular Hbond substituents is 1. The van der Waals surface area contributed by atoms with Crippen LogP contribution in [0, 0.1) is 19.8 Å².